The Morgan fingerprint density at radius 2 is 1.70 bits per heavy atom. The number of halogens is 2. The van der Waals surface area contributed by atoms with Crippen molar-refractivity contribution in [3.05, 3.63) is 0 Å². The number of carbonyl (C=O) groups excluding carboxylic acids is 2. The van der Waals surface area contributed by atoms with Crippen molar-refractivity contribution in [2.75, 3.05) is 45.8 Å². The van der Waals surface area contributed by atoms with Crippen LogP contribution in [0.5, 0.6) is 0 Å². The molecule has 23 heavy (non-hydrogen) atoms. The second-order valence-corrected chi connectivity index (χ2v) is 5.76. The average Bonchev–Trinajstić information content (AvgIpc) is 2.65. The van der Waals surface area contributed by atoms with E-state index in [4.69, 9.17) is 5.73 Å². The van der Waals surface area contributed by atoms with Crippen LogP contribution in [0.15, 0.2) is 0 Å². The third-order valence-electron chi connectivity index (χ3n) is 3.91. The van der Waals surface area contributed by atoms with Crippen molar-refractivity contribution in [1.29, 1.82) is 0 Å². The molecule has 1 aliphatic heterocycles. The number of rotatable bonds is 6. The van der Waals surface area contributed by atoms with Crippen molar-refractivity contribution in [1.82, 2.24) is 14.7 Å². The molecule has 0 aromatic rings. The highest BCUT2D eigenvalue weighted by Gasteiger charge is 2.22. The second-order valence-electron chi connectivity index (χ2n) is 5.76. The van der Waals surface area contributed by atoms with E-state index in [1.165, 1.54) is 0 Å². The standard InChI is InChI=1S/C15H30N4O2.2ClH/c1-4-18(5-2)15(21)12-17-7-6-8-19(10-9-17)14(20)11-13(3)16;;/h13H,4-12,16H2,1-3H3;2*1H. The number of amides is 2. The molecule has 1 atom stereocenters. The van der Waals surface area contributed by atoms with Gasteiger partial charge in [-0.15, -0.1) is 24.8 Å². The van der Waals surface area contributed by atoms with Crippen LogP contribution < -0.4 is 5.73 Å². The molecule has 1 rings (SSSR count). The average molecular weight is 371 g/mol. The maximum atomic E-state index is 12.1. The van der Waals surface area contributed by atoms with Crippen LogP contribution in [0.25, 0.3) is 0 Å². The lowest BCUT2D eigenvalue weighted by Gasteiger charge is -2.25. The van der Waals surface area contributed by atoms with E-state index in [0.717, 1.165) is 39.1 Å². The molecule has 1 heterocycles. The van der Waals surface area contributed by atoms with Gasteiger partial charge in [0.15, 0.2) is 0 Å². The molecule has 0 spiro atoms. The lowest BCUT2D eigenvalue weighted by molar-refractivity contribution is -0.132. The third-order valence-corrected chi connectivity index (χ3v) is 3.91. The Bertz CT molecular complexity index is 352. The smallest absolute Gasteiger partial charge is 0.236 e. The highest BCUT2D eigenvalue weighted by Crippen LogP contribution is 2.06. The van der Waals surface area contributed by atoms with Crippen LogP contribution in [0.3, 0.4) is 0 Å². The van der Waals surface area contributed by atoms with Gasteiger partial charge in [0.05, 0.1) is 6.54 Å². The van der Waals surface area contributed by atoms with Gasteiger partial charge < -0.3 is 15.5 Å². The minimum absolute atomic E-state index is 0. The van der Waals surface area contributed by atoms with Gasteiger partial charge in [0.2, 0.25) is 11.8 Å². The first-order valence-electron chi connectivity index (χ1n) is 8.01. The number of hydrogen-bond acceptors (Lipinski definition) is 4. The molecular formula is C15H32Cl2N4O2. The summed E-state index contributed by atoms with van der Waals surface area (Å²) in [5, 5.41) is 0. The van der Waals surface area contributed by atoms with Crippen LogP contribution >= 0.6 is 24.8 Å². The van der Waals surface area contributed by atoms with Crippen molar-refractivity contribution in [3.63, 3.8) is 0 Å². The van der Waals surface area contributed by atoms with Crippen LogP contribution in [0.4, 0.5) is 0 Å². The molecule has 1 saturated heterocycles. The predicted molar refractivity (Wildman–Crippen MR) is 98.3 cm³/mol. The Kier molecular flexibility index (Phi) is 13.8. The van der Waals surface area contributed by atoms with Gasteiger partial charge in [-0.05, 0) is 27.2 Å². The SMILES string of the molecule is CCN(CC)C(=O)CN1CCCN(C(=O)CC(C)N)CC1.Cl.Cl. The molecule has 1 unspecified atom stereocenters. The van der Waals surface area contributed by atoms with Gasteiger partial charge in [0.1, 0.15) is 0 Å². The van der Waals surface area contributed by atoms with Crippen LogP contribution in [0, 0.1) is 0 Å². The van der Waals surface area contributed by atoms with Crippen molar-refractivity contribution >= 4 is 36.6 Å². The second kappa shape index (κ2) is 12.8. The number of hydrogen-bond donors (Lipinski definition) is 1. The van der Waals surface area contributed by atoms with E-state index >= 15 is 0 Å². The normalized spacial score (nSPS) is 16.6. The maximum absolute atomic E-state index is 12.1. The molecule has 0 aliphatic carbocycles. The van der Waals surface area contributed by atoms with E-state index in [2.05, 4.69) is 4.90 Å². The van der Waals surface area contributed by atoms with Gasteiger partial charge in [-0.25, -0.2) is 0 Å². The molecule has 138 valence electrons. The summed E-state index contributed by atoms with van der Waals surface area (Å²) >= 11 is 0. The van der Waals surface area contributed by atoms with E-state index in [0.29, 0.717) is 19.5 Å². The predicted octanol–water partition coefficient (Wildman–Crippen LogP) is 0.970. The molecule has 1 aliphatic rings. The topological polar surface area (TPSA) is 69.9 Å². The zero-order chi connectivity index (χ0) is 15.8. The minimum Gasteiger partial charge on any atom is -0.342 e. The lowest BCUT2D eigenvalue weighted by Crippen LogP contribution is -2.42. The van der Waals surface area contributed by atoms with Gasteiger partial charge in [-0.2, -0.15) is 0 Å². The summed E-state index contributed by atoms with van der Waals surface area (Å²) in [5.74, 6) is 0.303. The van der Waals surface area contributed by atoms with Crippen LogP contribution in [-0.4, -0.2) is 78.4 Å². The quantitative estimate of drug-likeness (QED) is 0.756. The molecule has 0 aromatic heterocycles. The number of nitrogens with two attached hydrogens (primary N) is 1. The molecule has 6 nitrogen and oxygen atoms in total. The van der Waals surface area contributed by atoms with E-state index in [-0.39, 0.29) is 42.7 Å². The zero-order valence-corrected chi connectivity index (χ0v) is 16.1. The molecular weight excluding hydrogens is 339 g/mol. The monoisotopic (exact) mass is 370 g/mol. The van der Waals surface area contributed by atoms with Gasteiger partial charge in [-0.3, -0.25) is 14.5 Å². The van der Waals surface area contributed by atoms with Crippen molar-refractivity contribution < 1.29 is 9.59 Å². The van der Waals surface area contributed by atoms with Gasteiger partial charge in [-0.1, -0.05) is 0 Å². The van der Waals surface area contributed by atoms with Crippen molar-refractivity contribution in [2.45, 2.75) is 39.7 Å². The molecule has 2 N–H and O–H groups in total. The molecule has 0 radical (unpaired) electrons. The lowest BCUT2D eigenvalue weighted by atomic mass is 10.2. The highest BCUT2D eigenvalue weighted by atomic mass is 35.5. The van der Waals surface area contributed by atoms with Gasteiger partial charge in [0.25, 0.3) is 0 Å². The Labute approximate surface area is 152 Å². The summed E-state index contributed by atoms with van der Waals surface area (Å²) in [5.41, 5.74) is 5.69. The first-order chi connectivity index (χ1) is 9.97. The fourth-order valence-corrected chi connectivity index (χ4v) is 2.65. The Hall–Kier alpha value is -0.560. The van der Waals surface area contributed by atoms with Crippen LogP contribution in [0.1, 0.15) is 33.6 Å². The van der Waals surface area contributed by atoms with Gasteiger partial charge in [0, 0.05) is 51.7 Å². The summed E-state index contributed by atoms with van der Waals surface area (Å²) in [6.07, 6.45) is 1.31. The van der Waals surface area contributed by atoms with E-state index in [9.17, 15) is 9.59 Å². The molecule has 2 amide bonds. The fourth-order valence-electron chi connectivity index (χ4n) is 2.65. The number of carbonyl (C=O) groups is 2. The molecule has 0 bridgehead atoms. The van der Waals surface area contributed by atoms with Crippen LogP contribution in [0.2, 0.25) is 0 Å². The van der Waals surface area contributed by atoms with E-state index in [1.807, 2.05) is 30.6 Å². The Morgan fingerprint density at radius 3 is 2.22 bits per heavy atom. The molecule has 0 aromatic carbocycles. The largest absolute Gasteiger partial charge is 0.342 e. The molecule has 0 saturated carbocycles. The molecule has 1 fully saturated rings. The van der Waals surface area contributed by atoms with E-state index in [1.54, 1.807) is 0 Å². The maximum Gasteiger partial charge on any atom is 0.236 e. The first-order valence-corrected chi connectivity index (χ1v) is 8.01. The Balaban J connectivity index is 0. The summed E-state index contributed by atoms with van der Waals surface area (Å²) in [4.78, 5) is 30.1. The summed E-state index contributed by atoms with van der Waals surface area (Å²) in [6, 6.07) is -0.0962. The molecule has 8 heteroatoms. The highest BCUT2D eigenvalue weighted by molar-refractivity contribution is 5.85. The van der Waals surface area contributed by atoms with Gasteiger partial charge >= 0.3 is 0 Å². The summed E-state index contributed by atoms with van der Waals surface area (Å²) < 4.78 is 0. The number of nitrogens with zero attached hydrogens (tertiary/aromatic N) is 3. The van der Waals surface area contributed by atoms with Crippen molar-refractivity contribution in [2.24, 2.45) is 5.73 Å². The van der Waals surface area contributed by atoms with Crippen molar-refractivity contribution in [3.8, 4) is 0 Å². The summed E-state index contributed by atoms with van der Waals surface area (Å²) in [6.45, 7) is 10.9. The fraction of sp³-hybridized carbons (Fsp3) is 0.867. The Morgan fingerprint density at radius 1 is 1.09 bits per heavy atom. The first kappa shape index (κ1) is 24.7. The summed E-state index contributed by atoms with van der Waals surface area (Å²) in [7, 11) is 0. The zero-order valence-electron chi connectivity index (χ0n) is 14.5. The van der Waals surface area contributed by atoms with Crippen LogP contribution in [-0.2, 0) is 9.59 Å². The number of likely N-dealkylation sites (N-methyl/N-ethyl adjacent to an activating group) is 1. The van der Waals surface area contributed by atoms with E-state index < -0.39 is 0 Å². The third kappa shape index (κ3) is 8.74. The minimum atomic E-state index is -0.0962.